The van der Waals surface area contributed by atoms with Crippen molar-refractivity contribution in [3.63, 3.8) is 0 Å². The Morgan fingerprint density at radius 2 is 2.00 bits per heavy atom. The highest BCUT2D eigenvalue weighted by atomic mass is 32.2. The zero-order valence-corrected chi connectivity index (χ0v) is 10.4. The Labute approximate surface area is 94.7 Å². The minimum Gasteiger partial charge on any atom is -0.259 e. The fourth-order valence-corrected chi connectivity index (χ4v) is 2.42. The molecule has 0 aliphatic carbocycles. The SMILES string of the molecule is C/C=C/C[S@](=O)Cc1ccc(C)c(C)c1. The summed E-state index contributed by atoms with van der Waals surface area (Å²) in [6.45, 7) is 6.14. The zero-order valence-electron chi connectivity index (χ0n) is 9.62. The van der Waals surface area contributed by atoms with E-state index < -0.39 is 10.8 Å². The molecular weight excluding hydrogens is 204 g/mol. The van der Waals surface area contributed by atoms with E-state index in [9.17, 15) is 4.21 Å². The second-order valence-electron chi connectivity index (χ2n) is 3.74. The molecule has 1 atom stereocenters. The highest BCUT2D eigenvalue weighted by molar-refractivity contribution is 7.84. The lowest BCUT2D eigenvalue weighted by Gasteiger charge is -2.04. The Kier molecular flexibility index (Phi) is 4.76. The molecule has 0 unspecified atom stereocenters. The van der Waals surface area contributed by atoms with Gasteiger partial charge in [0.15, 0.2) is 0 Å². The molecule has 0 N–H and O–H groups in total. The van der Waals surface area contributed by atoms with Crippen LogP contribution < -0.4 is 0 Å². The van der Waals surface area contributed by atoms with Crippen LogP contribution in [0.3, 0.4) is 0 Å². The fourth-order valence-electron chi connectivity index (χ4n) is 1.34. The normalized spacial score (nSPS) is 13.3. The number of allylic oxidation sites excluding steroid dienone is 1. The topological polar surface area (TPSA) is 17.1 Å². The maximum Gasteiger partial charge on any atom is 0.0488 e. The third-order valence-electron chi connectivity index (χ3n) is 2.42. The molecule has 1 aromatic carbocycles. The van der Waals surface area contributed by atoms with Crippen molar-refractivity contribution in [1.29, 1.82) is 0 Å². The lowest BCUT2D eigenvalue weighted by molar-refractivity contribution is 0.684. The molecule has 0 fully saturated rings. The van der Waals surface area contributed by atoms with Gasteiger partial charge in [-0.3, -0.25) is 4.21 Å². The molecule has 0 saturated carbocycles. The van der Waals surface area contributed by atoms with Crippen molar-refractivity contribution in [2.75, 3.05) is 5.75 Å². The standard InChI is InChI=1S/C13H18OS/c1-4-5-8-15(14)10-13-7-6-11(2)12(3)9-13/h4-7,9H,8,10H2,1-3H3/b5-4+/t15-/m0/s1. The van der Waals surface area contributed by atoms with Crippen LogP contribution in [-0.2, 0) is 16.6 Å². The third kappa shape index (κ3) is 4.00. The van der Waals surface area contributed by atoms with E-state index in [-0.39, 0.29) is 0 Å². The number of hydrogen-bond donors (Lipinski definition) is 0. The summed E-state index contributed by atoms with van der Waals surface area (Å²) in [4.78, 5) is 0. The van der Waals surface area contributed by atoms with Gasteiger partial charge in [0.05, 0.1) is 0 Å². The van der Waals surface area contributed by atoms with Crippen molar-refractivity contribution in [3.8, 4) is 0 Å². The highest BCUT2D eigenvalue weighted by Crippen LogP contribution is 2.11. The monoisotopic (exact) mass is 222 g/mol. The molecule has 0 radical (unpaired) electrons. The summed E-state index contributed by atoms with van der Waals surface area (Å²) in [5.74, 6) is 1.31. The van der Waals surface area contributed by atoms with Gasteiger partial charge < -0.3 is 0 Å². The molecule has 2 heteroatoms. The van der Waals surface area contributed by atoms with E-state index in [2.05, 4.69) is 32.0 Å². The molecule has 0 saturated heterocycles. The van der Waals surface area contributed by atoms with Crippen molar-refractivity contribution in [2.45, 2.75) is 26.5 Å². The van der Waals surface area contributed by atoms with Crippen LogP contribution >= 0.6 is 0 Å². The van der Waals surface area contributed by atoms with Gasteiger partial charge in [-0.2, -0.15) is 0 Å². The number of aryl methyl sites for hydroxylation is 2. The highest BCUT2D eigenvalue weighted by Gasteiger charge is 2.01. The van der Waals surface area contributed by atoms with Gasteiger partial charge in [0, 0.05) is 22.3 Å². The van der Waals surface area contributed by atoms with Crippen molar-refractivity contribution in [1.82, 2.24) is 0 Å². The predicted molar refractivity (Wildman–Crippen MR) is 67.4 cm³/mol. The Morgan fingerprint density at radius 1 is 1.27 bits per heavy atom. The van der Waals surface area contributed by atoms with Crippen LogP contribution in [0, 0.1) is 13.8 Å². The average Bonchev–Trinajstić information content (AvgIpc) is 2.20. The van der Waals surface area contributed by atoms with E-state index in [1.54, 1.807) is 0 Å². The first-order chi connectivity index (χ1) is 7.13. The van der Waals surface area contributed by atoms with Crippen molar-refractivity contribution < 1.29 is 4.21 Å². The summed E-state index contributed by atoms with van der Waals surface area (Å²) < 4.78 is 11.6. The van der Waals surface area contributed by atoms with Gasteiger partial charge in [0.1, 0.15) is 0 Å². The third-order valence-corrected chi connectivity index (χ3v) is 3.64. The Balaban J connectivity index is 2.65. The maximum atomic E-state index is 11.6. The van der Waals surface area contributed by atoms with E-state index in [1.807, 2.05) is 19.1 Å². The molecule has 0 heterocycles. The average molecular weight is 222 g/mol. The van der Waals surface area contributed by atoms with Gasteiger partial charge in [-0.25, -0.2) is 0 Å². The largest absolute Gasteiger partial charge is 0.259 e. The maximum absolute atomic E-state index is 11.6. The van der Waals surface area contributed by atoms with Gasteiger partial charge >= 0.3 is 0 Å². The van der Waals surface area contributed by atoms with Crippen LogP contribution in [0.5, 0.6) is 0 Å². The van der Waals surface area contributed by atoms with Crippen molar-refractivity contribution in [2.24, 2.45) is 0 Å². The van der Waals surface area contributed by atoms with Crippen LogP contribution in [0.25, 0.3) is 0 Å². The minimum atomic E-state index is -0.773. The first kappa shape index (κ1) is 12.2. The van der Waals surface area contributed by atoms with Gasteiger partial charge in [-0.15, -0.1) is 0 Å². The predicted octanol–water partition coefficient (Wildman–Crippen LogP) is 3.13. The second kappa shape index (κ2) is 5.86. The Morgan fingerprint density at radius 3 is 2.60 bits per heavy atom. The molecular formula is C13H18OS. The van der Waals surface area contributed by atoms with Crippen LogP contribution in [0.4, 0.5) is 0 Å². The van der Waals surface area contributed by atoms with Crippen LogP contribution in [0.1, 0.15) is 23.6 Å². The van der Waals surface area contributed by atoms with E-state index in [0.29, 0.717) is 11.5 Å². The molecule has 1 aromatic rings. The number of rotatable bonds is 4. The molecule has 0 spiro atoms. The Bertz CT molecular complexity index is 380. The molecule has 15 heavy (non-hydrogen) atoms. The molecule has 0 aromatic heterocycles. The zero-order chi connectivity index (χ0) is 11.3. The molecule has 0 aliphatic heterocycles. The molecule has 1 nitrogen and oxygen atoms in total. The van der Waals surface area contributed by atoms with Gasteiger partial charge in [0.25, 0.3) is 0 Å². The smallest absolute Gasteiger partial charge is 0.0488 e. The molecule has 0 aliphatic rings. The van der Waals surface area contributed by atoms with E-state index in [4.69, 9.17) is 0 Å². The molecule has 82 valence electrons. The lowest BCUT2D eigenvalue weighted by Crippen LogP contribution is -1.99. The molecule has 1 rings (SSSR count). The van der Waals surface area contributed by atoms with E-state index >= 15 is 0 Å². The first-order valence-electron chi connectivity index (χ1n) is 5.15. The van der Waals surface area contributed by atoms with Gasteiger partial charge in [-0.1, -0.05) is 30.4 Å². The quantitative estimate of drug-likeness (QED) is 0.715. The summed E-state index contributed by atoms with van der Waals surface area (Å²) in [6.07, 6.45) is 3.90. The van der Waals surface area contributed by atoms with Crippen molar-refractivity contribution in [3.05, 3.63) is 47.0 Å². The first-order valence-corrected chi connectivity index (χ1v) is 6.64. The van der Waals surface area contributed by atoms with E-state index in [1.165, 1.54) is 16.7 Å². The Hall–Kier alpha value is -0.890. The van der Waals surface area contributed by atoms with Gasteiger partial charge in [0.2, 0.25) is 0 Å². The second-order valence-corrected chi connectivity index (χ2v) is 5.24. The van der Waals surface area contributed by atoms with Gasteiger partial charge in [-0.05, 0) is 37.5 Å². The van der Waals surface area contributed by atoms with Crippen LogP contribution in [-0.4, -0.2) is 9.96 Å². The fraction of sp³-hybridized carbons (Fsp3) is 0.385. The minimum absolute atomic E-state index is 0.656. The molecule has 0 bridgehead atoms. The van der Waals surface area contributed by atoms with Crippen LogP contribution in [0.15, 0.2) is 30.4 Å². The lowest BCUT2D eigenvalue weighted by atomic mass is 10.1. The summed E-state index contributed by atoms with van der Waals surface area (Å²) in [6, 6.07) is 6.29. The van der Waals surface area contributed by atoms with Crippen molar-refractivity contribution >= 4 is 10.8 Å². The summed E-state index contributed by atoms with van der Waals surface area (Å²) in [7, 11) is -0.773. The van der Waals surface area contributed by atoms with E-state index in [0.717, 1.165) is 0 Å². The summed E-state index contributed by atoms with van der Waals surface area (Å²) >= 11 is 0. The number of hydrogen-bond acceptors (Lipinski definition) is 1. The summed E-state index contributed by atoms with van der Waals surface area (Å²) in [5, 5.41) is 0. The number of benzene rings is 1. The molecule has 0 amide bonds. The van der Waals surface area contributed by atoms with Crippen LogP contribution in [0.2, 0.25) is 0 Å². The summed E-state index contributed by atoms with van der Waals surface area (Å²) in [5.41, 5.74) is 3.73.